The van der Waals surface area contributed by atoms with Gasteiger partial charge >= 0.3 is 5.97 Å². The standard InChI is InChI=1S/C15H20O3/c1-2-18-15(17)10-14(11-5-3-6-11)12-7-4-8-13(16)9-12/h4,7-9,11,14,16H,2-3,5-6,10H2,1H3/t14-/m0/s1. The van der Waals surface area contributed by atoms with Crippen molar-refractivity contribution in [2.75, 3.05) is 6.61 Å². The Hall–Kier alpha value is -1.51. The fourth-order valence-corrected chi connectivity index (χ4v) is 2.55. The largest absolute Gasteiger partial charge is 0.508 e. The highest BCUT2D eigenvalue weighted by Gasteiger charge is 2.30. The lowest BCUT2D eigenvalue weighted by atomic mass is 9.71. The molecule has 0 aliphatic heterocycles. The van der Waals surface area contributed by atoms with Gasteiger partial charge in [-0.25, -0.2) is 0 Å². The first-order chi connectivity index (χ1) is 8.70. The van der Waals surface area contributed by atoms with Crippen molar-refractivity contribution in [1.82, 2.24) is 0 Å². The summed E-state index contributed by atoms with van der Waals surface area (Å²) in [6.07, 6.45) is 3.99. The Morgan fingerprint density at radius 2 is 2.28 bits per heavy atom. The van der Waals surface area contributed by atoms with Crippen LogP contribution < -0.4 is 0 Å². The van der Waals surface area contributed by atoms with E-state index in [0.717, 1.165) is 5.56 Å². The number of aromatic hydroxyl groups is 1. The molecule has 0 aromatic heterocycles. The molecule has 0 radical (unpaired) electrons. The Bertz CT molecular complexity index is 410. The fraction of sp³-hybridized carbons (Fsp3) is 0.533. The van der Waals surface area contributed by atoms with E-state index in [-0.39, 0.29) is 17.6 Å². The minimum absolute atomic E-state index is 0.141. The van der Waals surface area contributed by atoms with Crippen LogP contribution in [0.25, 0.3) is 0 Å². The van der Waals surface area contributed by atoms with E-state index in [1.54, 1.807) is 12.1 Å². The predicted octanol–water partition coefficient (Wildman–Crippen LogP) is 3.23. The average Bonchev–Trinajstić information content (AvgIpc) is 2.26. The molecular weight excluding hydrogens is 228 g/mol. The first kappa shape index (κ1) is 12.9. The Morgan fingerprint density at radius 3 is 2.83 bits per heavy atom. The smallest absolute Gasteiger partial charge is 0.306 e. The van der Waals surface area contributed by atoms with Crippen LogP contribution in [0.1, 0.15) is 44.1 Å². The molecule has 18 heavy (non-hydrogen) atoms. The first-order valence-electron chi connectivity index (χ1n) is 6.65. The SMILES string of the molecule is CCOC(=O)C[C@H](c1cccc(O)c1)C1CCC1. The molecule has 2 rings (SSSR count). The van der Waals surface area contributed by atoms with Gasteiger partial charge in [-0.3, -0.25) is 4.79 Å². The minimum Gasteiger partial charge on any atom is -0.508 e. The third-order valence-electron chi connectivity index (χ3n) is 3.71. The summed E-state index contributed by atoms with van der Waals surface area (Å²) in [4.78, 5) is 11.7. The molecule has 1 aromatic carbocycles. The van der Waals surface area contributed by atoms with Crippen LogP contribution in [0.15, 0.2) is 24.3 Å². The molecule has 1 aliphatic rings. The van der Waals surface area contributed by atoms with Crippen molar-refractivity contribution >= 4 is 5.97 Å². The molecule has 0 bridgehead atoms. The van der Waals surface area contributed by atoms with Crippen LogP contribution >= 0.6 is 0 Å². The predicted molar refractivity (Wildman–Crippen MR) is 69.4 cm³/mol. The van der Waals surface area contributed by atoms with Crippen molar-refractivity contribution < 1.29 is 14.6 Å². The summed E-state index contributed by atoms with van der Waals surface area (Å²) in [6, 6.07) is 7.25. The number of esters is 1. The van der Waals surface area contributed by atoms with E-state index in [1.165, 1.54) is 19.3 Å². The number of carbonyl (C=O) groups is 1. The van der Waals surface area contributed by atoms with Crippen molar-refractivity contribution in [3.63, 3.8) is 0 Å². The molecule has 98 valence electrons. The maximum absolute atomic E-state index is 11.7. The van der Waals surface area contributed by atoms with Gasteiger partial charge in [-0.2, -0.15) is 0 Å². The molecule has 1 N–H and O–H groups in total. The van der Waals surface area contributed by atoms with Gasteiger partial charge in [0.1, 0.15) is 5.75 Å². The number of rotatable bonds is 5. The molecular formula is C15H20O3. The topological polar surface area (TPSA) is 46.5 Å². The average molecular weight is 248 g/mol. The number of ether oxygens (including phenoxy) is 1. The fourth-order valence-electron chi connectivity index (χ4n) is 2.55. The Labute approximate surface area is 108 Å². The van der Waals surface area contributed by atoms with E-state index >= 15 is 0 Å². The summed E-state index contributed by atoms with van der Waals surface area (Å²) in [5.41, 5.74) is 1.05. The van der Waals surface area contributed by atoms with Gasteiger partial charge in [0.15, 0.2) is 0 Å². The Kier molecular flexibility index (Phi) is 4.24. The van der Waals surface area contributed by atoms with Gasteiger partial charge in [-0.15, -0.1) is 0 Å². The van der Waals surface area contributed by atoms with E-state index < -0.39 is 0 Å². The molecule has 1 atom stereocenters. The molecule has 3 nitrogen and oxygen atoms in total. The molecule has 1 aromatic rings. The molecule has 0 amide bonds. The molecule has 0 unspecified atom stereocenters. The Morgan fingerprint density at radius 1 is 1.50 bits per heavy atom. The van der Waals surface area contributed by atoms with Crippen molar-refractivity contribution in [3.05, 3.63) is 29.8 Å². The highest BCUT2D eigenvalue weighted by molar-refractivity contribution is 5.70. The summed E-state index contributed by atoms with van der Waals surface area (Å²) in [5.74, 6) is 0.861. The highest BCUT2D eigenvalue weighted by atomic mass is 16.5. The first-order valence-corrected chi connectivity index (χ1v) is 6.65. The van der Waals surface area contributed by atoms with Crippen LogP contribution in [-0.4, -0.2) is 17.7 Å². The van der Waals surface area contributed by atoms with E-state index in [9.17, 15) is 9.90 Å². The number of carbonyl (C=O) groups excluding carboxylic acids is 1. The summed E-state index contributed by atoms with van der Waals surface area (Å²) >= 11 is 0. The van der Waals surface area contributed by atoms with Crippen LogP contribution in [0.5, 0.6) is 5.75 Å². The minimum atomic E-state index is -0.141. The van der Waals surface area contributed by atoms with E-state index in [4.69, 9.17) is 4.74 Å². The van der Waals surface area contributed by atoms with Crippen LogP contribution in [0.4, 0.5) is 0 Å². The number of benzene rings is 1. The molecule has 0 spiro atoms. The van der Waals surface area contributed by atoms with Gasteiger partial charge in [-0.1, -0.05) is 18.6 Å². The maximum atomic E-state index is 11.7. The van der Waals surface area contributed by atoms with Gasteiger partial charge in [0.2, 0.25) is 0 Å². The highest BCUT2D eigenvalue weighted by Crippen LogP contribution is 2.42. The summed E-state index contributed by atoms with van der Waals surface area (Å²) in [6.45, 7) is 2.25. The van der Waals surface area contributed by atoms with Crippen LogP contribution in [0.3, 0.4) is 0 Å². The molecule has 0 heterocycles. The zero-order chi connectivity index (χ0) is 13.0. The van der Waals surface area contributed by atoms with E-state index in [0.29, 0.717) is 18.9 Å². The second-order valence-electron chi connectivity index (χ2n) is 4.90. The van der Waals surface area contributed by atoms with Crippen LogP contribution in [0, 0.1) is 5.92 Å². The lowest BCUT2D eigenvalue weighted by Crippen LogP contribution is -2.23. The normalized spacial score (nSPS) is 16.9. The molecule has 1 aliphatic carbocycles. The van der Waals surface area contributed by atoms with Crippen molar-refractivity contribution in [1.29, 1.82) is 0 Å². The molecule has 0 saturated heterocycles. The Balaban J connectivity index is 2.11. The molecule has 1 saturated carbocycles. The number of hydrogen-bond acceptors (Lipinski definition) is 3. The van der Waals surface area contributed by atoms with E-state index in [1.807, 2.05) is 19.1 Å². The summed E-state index contributed by atoms with van der Waals surface area (Å²) in [7, 11) is 0. The zero-order valence-electron chi connectivity index (χ0n) is 10.8. The van der Waals surface area contributed by atoms with Crippen LogP contribution in [-0.2, 0) is 9.53 Å². The van der Waals surface area contributed by atoms with Crippen molar-refractivity contribution in [2.24, 2.45) is 5.92 Å². The number of hydrogen-bond donors (Lipinski definition) is 1. The summed E-state index contributed by atoms with van der Waals surface area (Å²) in [5, 5.41) is 9.56. The third kappa shape index (κ3) is 3.03. The van der Waals surface area contributed by atoms with Gasteiger partial charge in [-0.05, 0) is 49.3 Å². The molecule has 3 heteroatoms. The van der Waals surface area contributed by atoms with Gasteiger partial charge in [0, 0.05) is 0 Å². The maximum Gasteiger partial charge on any atom is 0.306 e. The lowest BCUT2D eigenvalue weighted by Gasteiger charge is -2.33. The van der Waals surface area contributed by atoms with Crippen LogP contribution in [0.2, 0.25) is 0 Å². The number of phenolic OH excluding ortho intramolecular Hbond substituents is 1. The van der Waals surface area contributed by atoms with Gasteiger partial charge < -0.3 is 9.84 Å². The summed E-state index contributed by atoms with van der Waals surface area (Å²) < 4.78 is 5.04. The lowest BCUT2D eigenvalue weighted by molar-refractivity contribution is -0.144. The zero-order valence-corrected chi connectivity index (χ0v) is 10.8. The van der Waals surface area contributed by atoms with Crippen molar-refractivity contribution in [2.45, 2.75) is 38.5 Å². The quantitative estimate of drug-likeness (QED) is 0.814. The number of phenols is 1. The van der Waals surface area contributed by atoms with E-state index in [2.05, 4.69) is 0 Å². The van der Waals surface area contributed by atoms with Gasteiger partial charge in [0.25, 0.3) is 0 Å². The van der Waals surface area contributed by atoms with Gasteiger partial charge in [0.05, 0.1) is 13.0 Å². The monoisotopic (exact) mass is 248 g/mol. The second kappa shape index (κ2) is 5.89. The van der Waals surface area contributed by atoms with Crippen molar-refractivity contribution in [3.8, 4) is 5.75 Å². The second-order valence-corrected chi connectivity index (χ2v) is 4.90. The third-order valence-corrected chi connectivity index (χ3v) is 3.71. The molecule has 1 fully saturated rings.